The second-order valence-electron chi connectivity index (χ2n) is 8.41. The summed E-state index contributed by atoms with van der Waals surface area (Å²) in [5.41, 5.74) is 2.01. The molecule has 0 radical (unpaired) electrons. The molecule has 2 saturated heterocycles. The Morgan fingerprint density at radius 3 is 2.68 bits per heavy atom. The molecule has 1 amide bonds. The van der Waals surface area contributed by atoms with E-state index in [0.29, 0.717) is 17.2 Å². The molecule has 2 aliphatic heterocycles. The molecule has 0 unspecified atom stereocenters. The molecule has 1 N–H and O–H groups in total. The Labute approximate surface area is 165 Å². The molecule has 0 bridgehead atoms. The second kappa shape index (κ2) is 8.43. The molecular formula is C22H29FN4O. The van der Waals surface area contributed by atoms with E-state index in [1.165, 1.54) is 44.5 Å². The summed E-state index contributed by atoms with van der Waals surface area (Å²) in [6, 6.07) is 6.16. The highest BCUT2D eigenvalue weighted by atomic mass is 19.1. The minimum atomic E-state index is -0.290. The number of aromatic amines is 1. The molecule has 150 valence electrons. The van der Waals surface area contributed by atoms with E-state index in [2.05, 4.69) is 22.0 Å². The minimum absolute atomic E-state index is 0.0186. The van der Waals surface area contributed by atoms with Gasteiger partial charge in [-0.05, 0) is 74.9 Å². The number of hydrogen-bond donors (Lipinski definition) is 1. The zero-order valence-corrected chi connectivity index (χ0v) is 16.5. The summed E-state index contributed by atoms with van der Waals surface area (Å²) in [6.45, 7) is 7.39. The van der Waals surface area contributed by atoms with Crippen LogP contribution in [-0.4, -0.2) is 58.6 Å². The van der Waals surface area contributed by atoms with Crippen molar-refractivity contribution < 1.29 is 9.18 Å². The molecule has 28 heavy (non-hydrogen) atoms. The highest BCUT2D eigenvalue weighted by Gasteiger charge is 2.28. The Kier molecular flexibility index (Phi) is 5.76. The summed E-state index contributed by atoms with van der Waals surface area (Å²) < 4.78 is 13.2. The molecule has 0 spiro atoms. The van der Waals surface area contributed by atoms with Gasteiger partial charge in [-0.2, -0.15) is 5.10 Å². The first-order chi connectivity index (χ1) is 13.6. The lowest BCUT2D eigenvalue weighted by Crippen LogP contribution is -2.45. The molecule has 1 aromatic carbocycles. The maximum Gasteiger partial charge on any atom is 0.257 e. The fourth-order valence-electron chi connectivity index (χ4n) is 4.46. The van der Waals surface area contributed by atoms with Gasteiger partial charge in [0, 0.05) is 25.2 Å². The van der Waals surface area contributed by atoms with Crippen LogP contribution in [0.15, 0.2) is 30.5 Å². The van der Waals surface area contributed by atoms with E-state index in [0.717, 1.165) is 37.5 Å². The van der Waals surface area contributed by atoms with Gasteiger partial charge in [-0.3, -0.25) is 9.89 Å². The summed E-state index contributed by atoms with van der Waals surface area (Å²) in [7, 11) is 0. The smallest absolute Gasteiger partial charge is 0.257 e. The molecule has 5 nitrogen and oxygen atoms in total. The highest BCUT2D eigenvalue weighted by Crippen LogP contribution is 2.26. The number of carbonyl (C=O) groups excluding carboxylic acids is 1. The van der Waals surface area contributed by atoms with E-state index in [9.17, 15) is 9.18 Å². The topological polar surface area (TPSA) is 52.2 Å². The van der Waals surface area contributed by atoms with Crippen molar-refractivity contribution >= 4 is 5.91 Å². The monoisotopic (exact) mass is 384 g/mol. The average Bonchev–Trinajstić information content (AvgIpc) is 3.20. The van der Waals surface area contributed by atoms with Crippen molar-refractivity contribution in [1.82, 2.24) is 20.0 Å². The molecular weight excluding hydrogens is 355 g/mol. The lowest BCUT2D eigenvalue weighted by molar-refractivity contribution is 0.0623. The van der Waals surface area contributed by atoms with E-state index in [4.69, 9.17) is 0 Å². The number of likely N-dealkylation sites (tertiary alicyclic amines) is 2. The number of nitrogens with one attached hydrogen (secondary N) is 1. The summed E-state index contributed by atoms with van der Waals surface area (Å²) >= 11 is 0. The predicted molar refractivity (Wildman–Crippen MR) is 107 cm³/mol. The fraction of sp³-hybridized carbons (Fsp3) is 0.545. The van der Waals surface area contributed by atoms with Crippen LogP contribution in [0.4, 0.5) is 4.39 Å². The Bertz CT molecular complexity index is 795. The Morgan fingerprint density at radius 2 is 1.93 bits per heavy atom. The number of piperidine rings is 2. The number of rotatable bonds is 4. The molecule has 0 saturated carbocycles. The van der Waals surface area contributed by atoms with Crippen molar-refractivity contribution in [2.45, 2.75) is 32.6 Å². The lowest BCUT2D eigenvalue weighted by Gasteiger charge is -2.37. The summed E-state index contributed by atoms with van der Waals surface area (Å²) in [4.78, 5) is 17.7. The number of halogens is 1. The van der Waals surface area contributed by atoms with E-state index in [-0.39, 0.29) is 11.7 Å². The average molecular weight is 384 g/mol. The Balaban J connectivity index is 1.42. The van der Waals surface area contributed by atoms with Crippen molar-refractivity contribution in [3.63, 3.8) is 0 Å². The molecule has 1 aromatic heterocycles. The van der Waals surface area contributed by atoms with Crippen LogP contribution >= 0.6 is 0 Å². The fourth-order valence-corrected chi connectivity index (χ4v) is 4.46. The van der Waals surface area contributed by atoms with E-state index >= 15 is 0 Å². The Morgan fingerprint density at radius 1 is 1.18 bits per heavy atom. The van der Waals surface area contributed by atoms with Crippen LogP contribution in [0, 0.1) is 17.7 Å². The van der Waals surface area contributed by atoms with Gasteiger partial charge in [-0.15, -0.1) is 0 Å². The highest BCUT2D eigenvalue weighted by molar-refractivity contribution is 5.99. The standard InChI is InChI=1S/C22H29FN4O/c1-16-8-11-26(12-9-16)14-17-3-2-10-27(15-17)22(28)20-13-24-25-21(20)18-4-6-19(23)7-5-18/h4-7,13,16-17H,2-3,8-12,14-15H2,1H3,(H,24,25)/t17-/m0/s1. The molecule has 3 heterocycles. The number of nitrogens with zero attached hydrogens (tertiary/aromatic N) is 3. The van der Waals surface area contributed by atoms with Gasteiger partial charge in [0.15, 0.2) is 0 Å². The van der Waals surface area contributed by atoms with Crippen molar-refractivity contribution in [2.24, 2.45) is 11.8 Å². The van der Waals surface area contributed by atoms with Gasteiger partial charge in [0.05, 0.1) is 17.5 Å². The number of hydrogen-bond acceptors (Lipinski definition) is 3. The number of amides is 1. The summed E-state index contributed by atoms with van der Waals surface area (Å²) in [6.07, 6.45) is 6.39. The van der Waals surface area contributed by atoms with E-state index < -0.39 is 0 Å². The molecule has 2 fully saturated rings. The number of benzene rings is 1. The van der Waals surface area contributed by atoms with Gasteiger partial charge >= 0.3 is 0 Å². The zero-order valence-electron chi connectivity index (χ0n) is 16.5. The van der Waals surface area contributed by atoms with Crippen LogP contribution in [0.5, 0.6) is 0 Å². The van der Waals surface area contributed by atoms with Crippen molar-refractivity contribution in [3.05, 3.63) is 41.8 Å². The molecule has 0 aliphatic carbocycles. The molecule has 1 atom stereocenters. The minimum Gasteiger partial charge on any atom is -0.338 e. The van der Waals surface area contributed by atoms with E-state index in [1.54, 1.807) is 18.3 Å². The molecule has 2 aromatic rings. The van der Waals surface area contributed by atoms with Crippen molar-refractivity contribution in [3.8, 4) is 11.3 Å². The van der Waals surface area contributed by atoms with Crippen LogP contribution in [0.25, 0.3) is 11.3 Å². The van der Waals surface area contributed by atoms with Crippen molar-refractivity contribution in [1.29, 1.82) is 0 Å². The van der Waals surface area contributed by atoms with Gasteiger partial charge < -0.3 is 9.80 Å². The van der Waals surface area contributed by atoms with Crippen LogP contribution in [0.2, 0.25) is 0 Å². The maximum atomic E-state index is 13.2. The van der Waals surface area contributed by atoms with Gasteiger partial charge in [0.2, 0.25) is 0 Å². The third-order valence-electron chi connectivity index (χ3n) is 6.20. The number of carbonyl (C=O) groups is 1. The number of H-pyrrole nitrogens is 1. The molecule has 6 heteroatoms. The van der Waals surface area contributed by atoms with Crippen molar-refractivity contribution in [2.75, 3.05) is 32.7 Å². The third-order valence-corrected chi connectivity index (χ3v) is 6.20. The first-order valence-electron chi connectivity index (χ1n) is 10.4. The third kappa shape index (κ3) is 4.27. The summed E-state index contributed by atoms with van der Waals surface area (Å²) in [5.74, 6) is 1.10. The van der Waals surface area contributed by atoms with Gasteiger partial charge in [-0.25, -0.2) is 4.39 Å². The van der Waals surface area contributed by atoms with Gasteiger partial charge in [0.1, 0.15) is 5.82 Å². The normalized spacial score (nSPS) is 21.8. The zero-order chi connectivity index (χ0) is 19.5. The first kappa shape index (κ1) is 19.1. The van der Waals surface area contributed by atoms with E-state index in [1.807, 2.05) is 4.90 Å². The first-order valence-corrected chi connectivity index (χ1v) is 10.4. The lowest BCUT2D eigenvalue weighted by atomic mass is 9.94. The van der Waals surface area contributed by atoms with Crippen LogP contribution in [-0.2, 0) is 0 Å². The van der Waals surface area contributed by atoms with Gasteiger partial charge in [0.25, 0.3) is 5.91 Å². The van der Waals surface area contributed by atoms with Gasteiger partial charge in [-0.1, -0.05) is 6.92 Å². The quantitative estimate of drug-likeness (QED) is 0.872. The Hall–Kier alpha value is -2.21. The predicted octanol–water partition coefficient (Wildman–Crippen LogP) is 3.80. The SMILES string of the molecule is CC1CCN(C[C@@H]2CCCN(C(=O)c3cn[nH]c3-c3ccc(F)cc3)C2)CC1. The van der Waals surface area contributed by atoms with Crippen LogP contribution in [0.3, 0.4) is 0 Å². The second-order valence-corrected chi connectivity index (χ2v) is 8.41. The maximum absolute atomic E-state index is 13.2. The molecule has 4 rings (SSSR count). The summed E-state index contributed by atoms with van der Waals surface area (Å²) in [5, 5.41) is 7.00. The largest absolute Gasteiger partial charge is 0.338 e. The number of aromatic nitrogens is 2. The van der Waals surface area contributed by atoms with Crippen LogP contribution < -0.4 is 0 Å². The molecule has 2 aliphatic rings. The van der Waals surface area contributed by atoms with Crippen LogP contribution in [0.1, 0.15) is 43.0 Å².